The van der Waals surface area contributed by atoms with E-state index in [4.69, 9.17) is 11.0 Å². The van der Waals surface area contributed by atoms with E-state index in [1.807, 2.05) is 30.5 Å². The molecule has 2 rings (SSSR count). The Morgan fingerprint density at radius 1 is 1.53 bits per heavy atom. The number of fused-ring (bicyclic) bond motifs is 1. The molecule has 0 aromatic carbocycles. The quantitative estimate of drug-likeness (QED) is 0.510. The Kier molecular flexibility index (Phi) is 3.82. The highest BCUT2D eigenvalue weighted by atomic mass is 32.2. The van der Waals surface area contributed by atoms with Crippen molar-refractivity contribution < 1.29 is 4.79 Å². The van der Waals surface area contributed by atoms with Crippen molar-refractivity contribution in [1.82, 2.24) is 14.6 Å². The van der Waals surface area contributed by atoms with Gasteiger partial charge in [0.25, 0.3) is 0 Å². The van der Waals surface area contributed by atoms with Gasteiger partial charge in [-0.2, -0.15) is 5.26 Å². The van der Waals surface area contributed by atoms with Gasteiger partial charge in [0.05, 0.1) is 5.75 Å². The van der Waals surface area contributed by atoms with Crippen LogP contribution in [0.1, 0.15) is 6.92 Å². The lowest BCUT2D eigenvalue weighted by Gasteiger charge is -2.00. The van der Waals surface area contributed by atoms with Gasteiger partial charge < -0.3 is 5.73 Å². The summed E-state index contributed by atoms with van der Waals surface area (Å²) < 4.78 is 1.78. The number of Topliss-reactive ketones (excluding diaryl/α,β-unsaturated/α-hetero) is 1. The van der Waals surface area contributed by atoms with E-state index >= 15 is 0 Å². The summed E-state index contributed by atoms with van der Waals surface area (Å²) in [6.45, 7) is 1.54. The normalized spacial score (nSPS) is 12.0. The van der Waals surface area contributed by atoms with Gasteiger partial charge in [0.15, 0.2) is 16.6 Å². The third-order valence-corrected chi connectivity index (χ3v) is 3.34. The number of nitrogens with zero attached hydrogens (tertiary/aromatic N) is 4. The number of nitrogens with two attached hydrogens (primary N) is 1. The summed E-state index contributed by atoms with van der Waals surface area (Å²) >= 11 is 1.22. The summed E-state index contributed by atoms with van der Waals surface area (Å²) in [6, 6.07) is 7.35. The summed E-state index contributed by atoms with van der Waals surface area (Å²) in [4.78, 5) is 11.8. The molecule has 0 atom stereocenters. The van der Waals surface area contributed by atoms with Crippen LogP contribution in [-0.4, -0.2) is 26.1 Å². The average Bonchev–Trinajstić information content (AvgIpc) is 2.80. The first-order chi connectivity index (χ1) is 9.13. The zero-order valence-corrected chi connectivity index (χ0v) is 11.0. The average molecular weight is 273 g/mol. The van der Waals surface area contributed by atoms with Gasteiger partial charge in [-0.05, 0) is 19.1 Å². The molecule has 0 fully saturated rings. The van der Waals surface area contributed by atoms with E-state index in [1.165, 1.54) is 18.7 Å². The SMILES string of the molecule is C/C(N)=C(\C#N)C(=O)CSc1nnc2ccccn12. The van der Waals surface area contributed by atoms with Gasteiger partial charge >= 0.3 is 0 Å². The van der Waals surface area contributed by atoms with Crippen LogP contribution in [0.25, 0.3) is 5.65 Å². The highest BCUT2D eigenvalue weighted by Gasteiger charge is 2.14. The molecule has 96 valence electrons. The van der Waals surface area contributed by atoms with Crippen molar-refractivity contribution in [3.8, 4) is 6.07 Å². The topological polar surface area (TPSA) is 97.1 Å². The van der Waals surface area contributed by atoms with Crippen LogP contribution in [0.4, 0.5) is 0 Å². The summed E-state index contributed by atoms with van der Waals surface area (Å²) in [5, 5.41) is 17.4. The number of aromatic nitrogens is 3. The van der Waals surface area contributed by atoms with E-state index in [1.54, 1.807) is 4.40 Å². The minimum Gasteiger partial charge on any atom is -0.401 e. The van der Waals surface area contributed by atoms with Gasteiger partial charge in [0.1, 0.15) is 11.6 Å². The molecular formula is C12H11N5OS. The van der Waals surface area contributed by atoms with Crippen LogP contribution >= 0.6 is 11.8 Å². The summed E-state index contributed by atoms with van der Waals surface area (Å²) in [5.41, 5.74) is 6.43. The monoisotopic (exact) mass is 273 g/mol. The van der Waals surface area contributed by atoms with Gasteiger partial charge in [-0.3, -0.25) is 9.20 Å². The number of hydrogen-bond donors (Lipinski definition) is 1. The number of nitriles is 1. The first-order valence-electron chi connectivity index (χ1n) is 5.45. The van der Waals surface area contributed by atoms with Crippen molar-refractivity contribution >= 4 is 23.2 Å². The Labute approximate surface area is 113 Å². The molecule has 0 spiro atoms. The van der Waals surface area contributed by atoms with E-state index in [-0.39, 0.29) is 22.8 Å². The molecular weight excluding hydrogens is 262 g/mol. The lowest BCUT2D eigenvalue weighted by atomic mass is 10.2. The van der Waals surface area contributed by atoms with Crippen molar-refractivity contribution in [2.75, 3.05) is 5.75 Å². The Bertz CT molecular complexity index is 693. The van der Waals surface area contributed by atoms with Crippen molar-refractivity contribution in [1.29, 1.82) is 5.26 Å². The van der Waals surface area contributed by atoms with E-state index in [0.717, 1.165) is 0 Å². The molecule has 0 aliphatic carbocycles. The number of carbonyl (C=O) groups excluding carboxylic acids is 1. The molecule has 19 heavy (non-hydrogen) atoms. The van der Waals surface area contributed by atoms with Crippen LogP contribution in [0, 0.1) is 11.3 Å². The van der Waals surface area contributed by atoms with Crippen molar-refractivity contribution in [3.63, 3.8) is 0 Å². The fraction of sp³-hybridized carbons (Fsp3) is 0.167. The zero-order valence-electron chi connectivity index (χ0n) is 10.2. The molecule has 0 saturated heterocycles. The summed E-state index contributed by atoms with van der Waals surface area (Å²) in [7, 11) is 0. The number of allylic oxidation sites excluding steroid dienone is 2. The maximum Gasteiger partial charge on any atom is 0.196 e. The summed E-state index contributed by atoms with van der Waals surface area (Å²) in [6.07, 6.45) is 1.82. The zero-order chi connectivity index (χ0) is 13.8. The molecule has 0 amide bonds. The molecule has 0 radical (unpaired) electrons. The van der Waals surface area contributed by atoms with Crippen LogP contribution in [0.2, 0.25) is 0 Å². The molecule has 2 heterocycles. The lowest BCUT2D eigenvalue weighted by molar-refractivity contribution is -0.112. The van der Waals surface area contributed by atoms with Crippen LogP contribution in [0.5, 0.6) is 0 Å². The third-order valence-electron chi connectivity index (χ3n) is 2.40. The minimum atomic E-state index is -0.305. The standard InChI is InChI=1S/C12H11N5OS/c1-8(14)9(6-13)10(18)7-19-12-16-15-11-4-2-3-5-17(11)12/h2-5H,7,14H2,1H3/b9-8-. The first-order valence-corrected chi connectivity index (χ1v) is 6.44. The van der Waals surface area contributed by atoms with Gasteiger partial charge in [-0.25, -0.2) is 0 Å². The molecule has 2 N–H and O–H groups in total. The minimum absolute atomic E-state index is 0.00122. The predicted molar refractivity (Wildman–Crippen MR) is 71.2 cm³/mol. The molecule has 0 unspecified atom stereocenters. The largest absolute Gasteiger partial charge is 0.401 e. The fourth-order valence-electron chi connectivity index (χ4n) is 1.49. The van der Waals surface area contributed by atoms with E-state index in [2.05, 4.69) is 10.2 Å². The molecule has 0 aliphatic rings. The number of pyridine rings is 1. The maximum absolute atomic E-state index is 11.8. The van der Waals surface area contributed by atoms with E-state index in [0.29, 0.717) is 10.8 Å². The lowest BCUT2D eigenvalue weighted by Crippen LogP contribution is -2.10. The fourth-order valence-corrected chi connectivity index (χ4v) is 2.29. The summed E-state index contributed by atoms with van der Waals surface area (Å²) in [5.74, 6) is -0.201. The van der Waals surface area contributed by atoms with Crippen LogP contribution < -0.4 is 5.73 Å². The van der Waals surface area contributed by atoms with Crippen LogP contribution in [0.3, 0.4) is 0 Å². The smallest absolute Gasteiger partial charge is 0.196 e. The van der Waals surface area contributed by atoms with E-state index < -0.39 is 0 Å². The van der Waals surface area contributed by atoms with Gasteiger partial charge in [0.2, 0.25) is 0 Å². The number of carbonyl (C=O) groups is 1. The van der Waals surface area contributed by atoms with Gasteiger partial charge in [0, 0.05) is 11.9 Å². The van der Waals surface area contributed by atoms with Gasteiger partial charge in [-0.15, -0.1) is 10.2 Å². The molecule has 6 nitrogen and oxygen atoms in total. The van der Waals surface area contributed by atoms with Crippen LogP contribution in [0.15, 0.2) is 40.8 Å². The number of ketones is 1. The highest BCUT2D eigenvalue weighted by molar-refractivity contribution is 7.99. The molecule has 0 saturated carbocycles. The second-order valence-corrected chi connectivity index (χ2v) is 4.74. The first kappa shape index (κ1) is 13.1. The molecule has 0 bridgehead atoms. The van der Waals surface area contributed by atoms with Gasteiger partial charge in [-0.1, -0.05) is 17.8 Å². The second kappa shape index (κ2) is 5.54. The van der Waals surface area contributed by atoms with E-state index in [9.17, 15) is 4.79 Å². The molecule has 2 aromatic rings. The van der Waals surface area contributed by atoms with Crippen molar-refractivity contribution in [2.24, 2.45) is 5.73 Å². The predicted octanol–water partition coefficient (Wildman–Crippen LogP) is 1.15. The number of rotatable bonds is 4. The Morgan fingerprint density at radius 2 is 2.32 bits per heavy atom. The molecule has 2 aromatic heterocycles. The third kappa shape index (κ3) is 2.74. The van der Waals surface area contributed by atoms with Crippen LogP contribution in [-0.2, 0) is 4.79 Å². The molecule has 0 aliphatic heterocycles. The second-order valence-electron chi connectivity index (χ2n) is 3.79. The molecule has 7 heteroatoms. The maximum atomic E-state index is 11.8. The van der Waals surface area contributed by atoms with Crippen molar-refractivity contribution in [3.05, 3.63) is 35.7 Å². The Hall–Kier alpha value is -2.33. The Balaban J connectivity index is 2.14. The van der Waals surface area contributed by atoms with Crippen molar-refractivity contribution in [2.45, 2.75) is 12.1 Å². The Morgan fingerprint density at radius 3 is 3.00 bits per heavy atom. The number of hydrogen-bond acceptors (Lipinski definition) is 6. The number of thioether (sulfide) groups is 1. The highest BCUT2D eigenvalue weighted by Crippen LogP contribution is 2.18.